The van der Waals surface area contributed by atoms with Crippen molar-refractivity contribution in [3.63, 3.8) is 0 Å². The minimum Gasteiger partial charge on any atom is -0.302 e. The zero-order valence-corrected chi connectivity index (χ0v) is 13.3. The molecule has 0 heterocycles. The number of phosphoric ester groups is 1. The van der Waals surface area contributed by atoms with E-state index in [1.165, 1.54) is 6.92 Å². The van der Waals surface area contributed by atoms with Crippen LogP contribution in [0.25, 0.3) is 0 Å². The van der Waals surface area contributed by atoms with Gasteiger partial charge in [0.05, 0.1) is 6.61 Å². The van der Waals surface area contributed by atoms with E-state index >= 15 is 0 Å². The quantitative estimate of drug-likeness (QED) is 0.352. The Labute approximate surface area is 112 Å². The molecule has 0 bridgehead atoms. The second-order valence-electron chi connectivity index (χ2n) is 2.97. The molecule has 0 amide bonds. The van der Waals surface area contributed by atoms with E-state index in [0.29, 0.717) is 0 Å². The van der Waals surface area contributed by atoms with Crippen molar-refractivity contribution in [1.82, 2.24) is 0 Å². The lowest BCUT2D eigenvalue weighted by atomic mass is 10.5. The molecule has 0 aliphatic carbocycles. The summed E-state index contributed by atoms with van der Waals surface area (Å²) in [5.41, 5.74) is 0. The maximum Gasteiger partial charge on any atom is 0.490 e. The molecule has 0 saturated heterocycles. The van der Waals surface area contributed by atoms with Crippen molar-refractivity contribution in [3.05, 3.63) is 0 Å². The summed E-state index contributed by atoms with van der Waals surface area (Å²) in [5.74, 6) is 0. The van der Waals surface area contributed by atoms with Crippen LogP contribution in [0.2, 0.25) is 0 Å². The Morgan fingerprint density at radius 3 is 1.55 bits per heavy atom. The van der Waals surface area contributed by atoms with Crippen LogP contribution in [0, 0.1) is 0 Å². The van der Waals surface area contributed by atoms with Gasteiger partial charge < -0.3 is 24.5 Å². The molecule has 5 N–H and O–H groups in total. The molecule has 3 unspecified atom stereocenters. The highest BCUT2D eigenvalue weighted by molar-refractivity contribution is 7.69. The monoisotopic (exact) mass is 380 g/mol. The van der Waals surface area contributed by atoms with E-state index in [1.807, 2.05) is 0 Å². The predicted molar refractivity (Wildman–Crippen MR) is 61.0 cm³/mol. The Hall–Kier alpha value is 0.560. The van der Waals surface area contributed by atoms with E-state index in [0.717, 1.165) is 0 Å². The largest absolute Gasteiger partial charge is 0.490 e. The van der Waals surface area contributed by atoms with Crippen LogP contribution < -0.4 is 0 Å². The second-order valence-corrected chi connectivity index (χ2v) is 8.98. The fraction of sp³-hybridized carbons (Fsp3) is 1.00. The first-order chi connectivity index (χ1) is 8.68. The topological polar surface area (TPSA) is 206 Å². The van der Waals surface area contributed by atoms with Crippen LogP contribution in [0.15, 0.2) is 0 Å². The van der Waals surface area contributed by atoms with E-state index in [4.69, 9.17) is 24.5 Å². The highest BCUT2D eigenvalue weighted by atomic mass is 31.3. The summed E-state index contributed by atoms with van der Waals surface area (Å²) in [6.07, 6.45) is 0.240. The summed E-state index contributed by atoms with van der Waals surface area (Å²) in [6, 6.07) is 0. The first kappa shape index (κ1) is 20.6. The highest BCUT2D eigenvalue weighted by Gasteiger charge is 2.44. The molecule has 122 valence electrons. The number of phosphoric acid groups is 4. The first-order valence-electron chi connectivity index (χ1n) is 4.50. The lowest BCUT2D eigenvalue weighted by Gasteiger charge is -2.17. The Balaban J connectivity index is 4.83. The van der Waals surface area contributed by atoms with Crippen LogP contribution in [-0.4, -0.2) is 31.1 Å². The van der Waals surface area contributed by atoms with Gasteiger partial charge in [0.2, 0.25) is 0 Å². The third-order valence-corrected chi connectivity index (χ3v) is 6.57. The van der Waals surface area contributed by atoms with Crippen molar-refractivity contribution in [1.29, 1.82) is 0 Å². The van der Waals surface area contributed by atoms with Crippen molar-refractivity contribution in [2.75, 3.05) is 6.61 Å². The normalized spacial score (nSPS) is 21.7. The predicted octanol–water partition coefficient (Wildman–Crippen LogP) is 0.857. The first-order valence-corrected chi connectivity index (χ1v) is 10.5. The van der Waals surface area contributed by atoms with Crippen LogP contribution in [0.3, 0.4) is 0 Å². The molecular weight excluding hydrogens is 368 g/mol. The second kappa shape index (κ2) is 7.21. The Bertz CT molecular complexity index is 504. The van der Waals surface area contributed by atoms with Gasteiger partial charge in [-0.2, -0.15) is 12.9 Å². The fourth-order valence-corrected chi connectivity index (χ4v) is 5.19. The Morgan fingerprint density at radius 2 is 1.15 bits per heavy atom. The molecular formula is C3H12O13P4. The molecule has 0 spiro atoms. The molecule has 0 aromatic rings. The zero-order chi connectivity index (χ0) is 16.2. The molecule has 17 heteroatoms. The van der Waals surface area contributed by atoms with E-state index < -0.39 is 31.3 Å². The Kier molecular flexibility index (Phi) is 7.42. The van der Waals surface area contributed by atoms with Gasteiger partial charge in [0.25, 0.3) is 0 Å². The van der Waals surface area contributed by atoms with Gasteiger partial charge in [-0.3, -0.25) is 4.52 Å². The van der Waals surface area contributed by atoms with Crippen molar-refractivity contribution >= 4 is 31.3 Å². The van der Waals surface area contributed by atoms with Crippen LogP contribution in [0.1, 0.15) is 13.3 Å². The van der Waals surface area contributed by atoms with Crippen LogP contribution in [0.5, 0.6) is 0 Å². The molecule has 0 fully saturated rings. The lowest BCUT2D eigenvalue weighted by Crippen LogP contribution is -1.98. The van der Waals surface area contributed by atoms with Crippen LogP contribution >= 0.6 is 31.3 Å². The molecule has 0 rings (SSSR count). The summed E-state index contributed by atoms with van der Waals surface area (Å²) in [7, 11) is -22.0. The molecule has 0 aliphatic rings. The van der Waals surface area contributed by atoms with Gasteiger partial charge >= 0.3 is 31.3 Å². The smallest absolute Gasteiger partial charge is 0.302 e. The van der Waals surface area contributed by atoms with Crippen molar-refractivity contribution in [3.8, 4) is 0 Å². The number of hydrogen-bond donors (Lipinski definition) is 5. The van der Waals surface area contributed by atoms with Crippen molar-refractivity contribution in [2.45, 2.75) is 13.3 Å². The average Bonchev–Trinajstić information content (AvgIpc) is 2.05. The zero-order valence-electron chi connectivity index (χ0n) is 9.71. The molecule has 0 saturated carbocycles. The Morgan fingerprint density at radius 1 is 0.750 bits per heavy atom. The van der Waals surface area contributed by atoms with Gasteiger partial charge in [-0.25, -0.2) is 18.3 Å². The van der Waals surface area contributed by atoms with Crippen LogP contribution in [0.4, 0.5) is 0 Å². The fourth-order valence-electron chi connectivity index (χ4n) is 0.655. The minimum absolute atomic E-state index is 0.240. The number of hydrogen-bond acceptors (Lipinski definition) is 8. The molecule has 0 aromatic heterocycles. The van der Waals surface area contributed by atoms with Gasteiger partial charge in [0, 0.05) is 0 Å². The molecule has 0 aliphatic heterocycles. The van der Waals surface area contributed by atoms with E-state index in [2.05, 4.69) is 17.5 Å². The standard InChI is InChI=1S/C3H12O13P4/c1-2-3-13-18(7,8)15-20(11,12)16-19(9,10)14-17(4,5)6/h2-3H2,1H3,(H,7,8)(H,9,10)(H,11,12)(H2,4,5,6). The third-order valence-electron chi connectivity index (χ3n) is 1.08. The maximum absolute atomic E-state index is 11.1. The lowest BCUT2D eigenvalue weighted by molar-refractivity contribution is 0.169. The third kappa shape index (κ3) is 10.3. The SMILES string of the molecule is CCCOP(=O)(O)OP(=O)(O)OP(=O)(O)OP(=O)(O)O. The maximum atomic E-state index is 11.1. The minimum atomic E-state index is -5.74. The molecule has 13 nitrogen and oxygen atoms in total. The van der Waals surface area contributed by atoms with Gasteiger partial charge in [-0.1, -0.05) is 6.92 Å². The van der Waals surface area contributed by atoms with Crippen molar-refractivity contribution in [2.24, 2.45) is 0 Å². The van der Waals surface area contributed by atoms with Gasteiger partial charge in [0.1, 0.15) is 0 Å². The van der Waals surface area contributed by atoms with E-state index in [9.17, 15) is 18.3 Å². The van der Waals surface area contributed by atoms with E-state index in [1.54, 1.807) is 0 Å². The molecule has 0 radical (unpaired) electrons. The van der Waals surface area contributed by atoms with Gasteiger partial charge in [0.15, 0.2) is 0 Å². The molecule has 0 aromatic carbocycles. The summed E-state index contributed by atoms with van der Waals surface area (Å²) in [5, 5.41) is 0. The van der Waals surface area contributed by atoms with Gasteiger partial charge in [-0.15, -0.1) is 0 Å². The molecule has 20 heavy (non-hydrogen) atoms. The summed E-state index contributed by atoms with van der Waals surface area (Å²) in [6.45, 7) is 1.19. The average molecular weight is 380 g/mol. The van der Waals surface area contributed by atoms with Gasteiger partial charge in [-0.05, 0) is 6.42 Å². The summed E-state index contributed by atoms with van der Waals surface area (Å²) >= 11 is 0. The van der Waals surface area contributed by atoms with E-state index in [-0.39, 0.29) is 13.0 Å². The summed E-state index contributed by atoms with van der Waals surface area (Å²) in [4.78, 5) is 43.1. The number of rotatable bonds is 9. The highest BCUT2D eigenvalue weighted by Crippen LogP contribution is 2.70. The molecule has 3 atom stereocenters. The van der Waals surface area contributed by atoms with Crippen molar-refractivity contribution < 1.29 is 60.2 Å². The van der Waals surface area contributed by atoms with Crippen LogP contribution in [-0.2, 0) is 35.7 Å². The summed E-state index contributed by atoms with van der Waals surface area (Å²) < 4.78 is 57.7.